The molecule has 0 amide bonds. The summed E-state index contributed by atoms with van der Waals surface area (Å²) >= 11 is 0. The Morgan fingerprint density at radius 1 is 1.15 bits per heavy atom. The molecule has 6 heteroatoms. The molecule has 0 fully saturated rings. The first-order valence-electron chi connectivity index (χ1n) is 8.97. The first kappa shape index (κ1) is 17.9. The molecule has 0 saturated heterocycles. The van der Waals surface area contributed by atoms with Crippen molar-refractivity contribution in [2.45, 2.75) is 26.2 Å². The van der Waals surface area contributed by atoms with Crippen molar-refractivity contribution < 1.29 is 0 Å². The number of hydrogen-bond donors (Lipinski definition) is 2. The van der Waals surface area contributed by atoms with E-state index in [1.165, 1.54) is 11.1 Å². The van der Waals surface area contributed by atoms with Crippen LogP contribution in [0, 0.1) is 6.92 Å². The maximum atomic E-state index is 4.30. The summed E-state index contributed by atoms with van der Waals surface area (Å²) in [5, 5.41) is 15.2. The van der Waals surface area contributed by atoms with Gasteiger partial charge in [-0.25, -0.2) is 0 Å². The summed E-state index contributed by atoms with van der Waals surface area (Å²) in [4.78, 5) is 4.30. The van der Waals surface area contributed by atoms with Crippen LogP contribution in [0.15, 0.2) is 53.7 Å². The molecule has 0 aliphatic heterocycles. The second kappa shape index (κ2) is 8.47. The molecule has 6 nitrogen and oxygen atoms in total. The Kier molecular flexibility index (Phi) is 5.84. The van der Waals surface area contributed by atoms with E-state index in [1.807, 2.05) is 28.8 Å². The summed E-state index contributed by atoms with van der Waals surface area (Å²) in [5.41, 5.74) is 3.50. The molecule has 0 bridgehead atoms. The van der Waals surface area contributed by atoms with Gasteiger partial charge in [0.05, 0.1) is 0 Å². The zero-order chi connectivity index (χ0) is 18.4. The first-order chi connectivity index (χ1) is 12.7. The minimum atomic E-state index is 0.411. The van der Waals surface area contributed by atoms with Gasteiger partial charge in [0.2, 0.25) is 0 Å². The minimum Gasteiger partial charge on any atom is -0.356 e. The lowest BCUT2D eigenvalue weighted by atomic mass is 9.99. The Labute approximate surface area is 154 Å². The quantitative estimate of drug-likeness (QED) is 0.530. The summed E-state index contributed by atoms with van der Waals surface area (Å²) < 4.78 is 2.01. The van der Waals surface area contributed by atoms with Gasteiger partial charge in [0.15, 0.2) is 11.6 Å². The van der Waals surface area contributed by atoms with Gasteiger partial charge in [0.25, 0.3) is 0 Å². The number of aliphatic imine (C=N–C) groups is 1. The third-order valence-corrected chi connectivity index (χ3v) is 4.44. The van der Waals surface area contributed by atoms with Gasteiger partial charge in [-0.15, -0.1) is 10.2 Å². The SMILES string of the molecule is CN=C(NCCc1nnc2ccccn12)NCC(C)c1cccc(C)c1. The van der Waals surface area contributed by atoms with Crippen LogP contribution in [-0.2, 0) is 6.42 Å². The number of nitrogens with zero attached hydrogens (tertiary/aromatic N) is 4. The summed E-state index contributed by atoms with van der Waals surface area (Å²) in [6.07, 6.45) is 2.76. The lowest BCUT2D eigenvalue weighted by Crippen LogP contribution is -2.40. The molecule has 1 aromatic carbocycles. The molecule has 0 saturated carbocycles. The van der Waals surface area contributed by atoms with E-state index in [-0.39, 0.29) is 0 Å². The molecule has 1 unspecified atom stereocenters. The molecular formula is C20H26N6. The van der Waals surface area contributed by atoms with Crippen LogP contribution < -0.4 is 10.6 Å². The lowest BCUT2D eigenvalue weighted by molar-refractivity contribution is 0.693. The fraction of sp³-hybridized carbons (Fsp3) is 0.350. The second-order valence-electron chi connectivity index (χ2n) is 6.49. The zero-order valence-electron chi connectivity index (χ0n) is 15.6. The van der Waals surface area contributed by atoms with Crippen molar-refractivity contribution >= 4 is 11.6 Å². The summed E-state index contributed by atoms with van der Waals surface area (Å²) in [5.74, 6) is 2.16. The van der Waals surface area contributed by atoms with Gasteiger partial charge in [-0.1, -0.05) is 42.8 Å². The van der Waals surface area contributed by atoms with Gasteiger partial charge in [-0.2, -0.15) is 0 Å². The van der Waals surface area contributed by atoms with Gasteiger partial charge in [-0.05, 0) is 30.5 Å². The van der Waals surface area contributed by atoms with Gasteiger partial charge < -0.3 is 10.6 Å². The van der Waals surface area contributed by atoms with E-state index in [2.05, 4.69) is 63.9 Å². The highest BCUT2D eigenvalue weighted by molar-refractivity contribution is 5.79. The molecule has 2 heterocycles. The average Bonchev–Trinajstić information content (AvgIpc) is 3.07. The van der Waals surface area contributed by atoms with Crippen LogP contribution in [0.1, 0.15) is 29.8 Å². The highest BCUT2D eigenvalue weighted by atomic mass is 15.2. The third-order valence-electron chi connectivity index (χ3n) is 4.44. The molecule has 3 aromatic rings. The number of hydrogen-bond acceptors (Lipinski definition) is 3. The number of rotatable bonds is 6. The van der Waals surface area contributed by atoms with Crippen molar-refractivity contribution in [3.05, 3.63) is 65.6 Å². The van der Waals surface area contributed by atoms with E-state index < -0.39 is 0 Å². The van der Waals surface area contributed by atoms with Crippen molar-refractivity contribution in [3.8, 4) is 0 Å². The van der Waals surface area contributed by atoms with Crippen LogP contribution in [0.5, 0.6) is 0 Å². The van der Waals surface area contributed by atoms with Crippen molar-refractivity contribution in [2.24, 2.45) is 4.99 Å². The number of nitrogens with one attached hydrogen (secondary N) is 2. The van der Waals surface area contributed by atoms with E-state index >= 15 is 0 Å². The molecule has 0 aliphatic carbocycles. The number of pyridine rings is 1. The topological polar surface area (TPSA) is 66.6 Å². The zero-order valence-corrected chi connectivity index (χ0v) is 15.6. The van der Waals surface area contributed by atoms with E-state index in [0.29, 0.717) is 5.92 Å². The molecule has 0 radical (unpaired) electrons. The number of guanidine groups is 1. The summed E-state index contributed by atoms with van der Waals surface area (Å²) in [6, 6.07) is 14.5. The minimum absolute atomic E-state index is 0.411. The fourth-order valence-electron chi connectivity index (χ4n) is 2.92. The number of aryl methyl sites for hydroxylation is 1. The fourth-order valence-corrected chi connectivity index (χ4v) is 2.92. The molecular weight excluding hydrogens is 324 g/mol. The van der Waals surface area contributed by atoms with Gasteiger partial charge in [0, 0.05) is 32.8 Å². The van der Waals surface area contributed by atoms with Gasteiger partial charge in [0.1, 0.15) is 5.82 Å². The van der Waals surface area contributed by atoms with Crippen LogP contribution in [0.3, 0.4) is 0 Å². The first-order valence-corrected chi connectivity index (χ1v) is 8.97. The van der Waals surface area contributed by atoms with Crippen LogP contribution in [0.2, 0.25) is 0 Å². The average molecular weight is 350 g/mol. The van der Waals surface area contributed by atoms with Crippen molar-refractivity contribution in [1.29, 1.82) is 0 Å². The molecule has 26 heavy (non-hydrogen) atoms. The molecule has 2 aromatic heterocycles. The van der Waals surface area contributed by atoms with E-state index in [1.54, 1.807) is 7.05 Å². The molecule has 136 valence electrons. The highest BCUT2D eigenvalue weighted by Crippen LogP contribution is 2.15. The Balaban J connectivity index is 1.49. The summed E-state index contributed by atoms with van der Waals surface area (Å²) in [7, 11) is 1.79. The Morgan fingerprint density at radius 2 is 2.04 bits per heavy atom. The van der Waals surface area contributed by atoms with Crippen LogP contribution in [0.4, 0.5) is 0 Å². The Hall–Kier alpha value is -2.89. The standard InChI is InChI=1S/C20H26N6/c1-15-7-6-8-17(13-15)16(2)14-23-20(21-3)22-11-10-19-25-24-18-9-4-5-12-26(18)19/h4-9,12-13,16H,10-11,14H2,1-3H3,(H2,21,22,23). The second-order valence-corrected chi connectivity index (χ2v) is 6.49. The maximum Gasteiger partial charge on any atom is 0.191 e. The van der Waals surface area contributed by atoms with Crippen LogP contribution in [-0.4, -0.2) is 40.7 Å². The number of benzene rings is 1. The van der Waals surface area contributed by atoms with Crippen molar-refractivity contribution in [2.75, 3.05) is 20.1 Å². The van der Waals surface area contributed by atoms with Crippen LogP contribution in [0.25, 0.3) is 5.65 Å². The predicted molar refractivity (Wildman–Crippen MR) is 106 cm³/mol. The number of aromatic nitrogens is 3. The van der Waals surface area contributed by atoms with E-state index in [0.717, 1.165) is 36.9 Å². The normalized spacial score (nSPS) is 13.0. The Morgan fingerprint density at radius 3 is 2.85 bits per heavy atom. The Bertz CT molecular complexity index is 883. The maximum absolute atomic E-state index is 4.30. The smallest absolute Gasteiger partial charge is 0.191 e. The largest absolute Gasteiger partial charge is 0.356 e. The van der Waals surface area contributed by atoms with Crippen molar-refractivity contribution in [3.63, 3.8) is 0 Å². The number of fused-ring (bicyclic) bond motifs is 1. The highest BCUT2D eigenvalue weighted by Gasteiger charge is 2.08. The molecule has 2 N–H and O–H groups in total. The van der Waals surface area contributed by atoms with Crippen LogP contribution >= 0.6 is 0 Å². The third kappa shape index (κ3) is 4.39. The lowest BCUT2D eigenvalue weighted by Gasteiger charge is -2.16. The molecule has 3 rings (SSSR count). The van der Waals surface area contributed by atoms with E-state index in [9.17, 15) is 0 Å². The molecule has 0 aliphatic rings. The predicted octanol–water partition coefficient (Wildman–Crippen LogP) is 2.55. The monoisotopic (exact) mass is 350 g/mol. The molecule has 1 atom stereocenters. The van der Waals surface area contributed by atoms with E-state index in [4.69, 9.17) is 0 Å². The summed E-state index contributed by atoms with van der Waals surface area (Å²) in [6.45, 7) is 5.92. The van der Waals surface area contributed by atoms with Crippen molar-refractivity contribution in [1.82, 2.24) is 25.2 Å². The van der Waals surface area contributed by atoms with Gasteiger partial charge in [-0.3, -0.25) is 9.39 Å². The molecule has 0 spiro atoms. The van der Waals surface area contributed by atoms with Gasteiger partial charge >= 0.3 is 0 Å².